The summed E-state index contributed by atoms with van der Waals surface area (Å²) >= 11 is 11.7. The van der Waals surface area contributed by atoms with Crippen molar-refractivity contribution in [3.63, 3.8) is 0 Å². The molecule has 0 amide bonds. The Labute approximate surface area is 138 Å². The van der Waals surface area contributed by atoms with Gasteiger partial charge < -0.3 is 15.3 Å². The largest absolute Gasteiger partial charge is 0.508 e. The predicted octanol–water partition coefficient (Wildman–Crippen LogP) is 3.95. The summed E-state index contributed by atoms with van der Waals surface area (Å²) in [5, 5.41) is 29.8. The predicted molar refractivity (Wildman–Crippen MR) is 88.2 cm³/mol. The van der Waals surface area contributed by atoms with Gasteiger partial charge in [-0.2, -0.15) is 0 Å². The Bertz CT molecular complexity index is 687. The normalized spacial score (nSPS) is 14.2. The van der Waals surface area contributed by atoms with E-state index in [0.717, 1.165) is 0 Å². The van der Waals surface area contributed by atoms with Crippen molar-refractivity contribution in [3.8, 4) is 11.5 Å². The highest BCUT2D eigenvalue weighted by Gasteiger charge is 2.15. The van der Waals surface area contributed by atoms with E-state index in [1.165, 1.54) is 30.5 Å². The summed E-state index contributed by atoms with van der Waals surface area (Å²) < 4.78 is 0. The third kappa shape index (κ3) is 3.91. The van der Waals surface area contributed by atoms with E-state index in [1.807, 2.05) is 0 Å². The molecule has 2 rings (SSSR count). The lowest BCUT2D eigenvalue weighted by Gasteiger charge is -2.15. The second kappa shape index (κ2) is 7.01. The molecule has 0 saturated carbocycles. The van der Waals surface area contributed by atoms with Crippen LogP contribution in [0.25, 0.3) is 0 Å². The molecule has 0 aliphatic heterocycles. The molecule has 3 N–H and O–H groups in total. The summed E-state index contributed by atoms with van der Waals surface area (Å²) in [6, 6.07) is 8.76. The van der Waals surface area contributed by atoms with Gasteiger partial charge in [-0.1, -0.05) is 35.3 Å². The molecule has 2 aromatic carbocycles. The Morgan fingerprint density at radius 2 is 1.73 bits per heavy atom. The molecule has 4 nitrogen and oxygen atoms in total. The second-order valence-electron chi connectivity index (χ2n) is 4.88. The van der Waals surface area contributed by atoms with Gasteiger partial charge in [0, 0.05) is 16.8 Å². The maximum atomic E-state index is 10.2. The third-order valence-corrected chi connectivity index (χ3v) is 3.70. The average molecular weight is 340 g/mol. The maximum Gasteiger partial charge on any atom is 0.143 e. The van der Waals surface area contributed by atoms with Gasteiger partial charge in [0.1, 0.15) is 17.6 Å². The van der Waals surface area contributed by atoms with Gasteiger partial charge in [0.15, 0.2) is 0 Å². The molecule has 22 heavy (non-hydrogen) atoms. The van der Waals surface area contributed by atoms with Crippen LogP contribution in [0.1, 0.15) is 24.2 Å². The van der Waals surface area contributed by atoms with Crippen LogP contribution in [0.4, 0.5) is 0 Å². The Hall–Kier alpha value is -1.75. The van der Waals surface area contributed by atoms with E-state index >= 15 is 0 Å². The van der Waals surface area contributed by atoms with E-state index in [2.05, 4.69) is 4.99 Å². The van der Waals surface area contributed by atoms with Crippen LogP contribution in [0.2, 0.25) is 10.0 Å². The lowest BCUT2D eigenvalue weighted by atomic mass is 10.0. The Kier molecular flexibility index (Phi) is 5.29. The molecule has 0 aliphatic rings. The lowest BCUT2D eigenvalue weighted by molar-refractivity contribution is 0.154. The molecule has 2 aromatic rings. The summed E-state index contributed by atoms with van der Waals surface area (Å²) in [4.78, 5) is 4.22. The van der Waals surface area contributed by atoms with Crippen LogP contribution < -0.4 is 0 Å². The molecule has 2 atom stereocenters. The number of phenolic OH excluding ortho intramolecular Hbond substituents is 2. The van der Waals surface area contributed by atoms with Crippen molar-refractivity contribution in [2.24, 2.45) is 4.99 Å². The monoisotopic (exact) mass is 339 g/mol. The lowest BCUT2D eigenvalue weighted by Crippen LogP contribution is -2.12. The first-order valence-electron chi connectivity index (χ1n) is 6.56. The van der Waals surface area contributed by atoms with Gasteiger partial charge in [-0.25, -0.2) is 0 Å². The van der Waals surface area contributed by atoms with E-state index in [4.69, 9.17) is 23.2 Å². The quantitative estimate of drug-likeness (QED) is 0.738. The number of benzene rings is 2. The first-order chi connectivity index (χ1) is 10.4. The number of hydrogen-bond donors (Lipinski definition) is 3. The number of rotatable bonds is 4. The highest BCUT2D eigenvalue weighted by Crippen LogP contribution is 2.30. The standard InChI is InChI=1S/C16H15Cl2NO3/c1-9(15(21)10-2-4-13(20)5-3-10)19-8-11-6-12(17)7-14(18)16(11)22/h2-9,15,20-22H,1H3/t9-,15-/m1/s1. The molecule has 0 aliphatic carbocycles. The molecule has 0 heterocycles. The summed E-state index contributed by atoms with van der Waals surface area (Å²) in [5.74, 6) is 0.0201. The van der Waals surface area contributed by atoms with E-state index in [1.54, 1.807) is 19.1 Å². The fourth-order valence-corrected chi connectivity index (χ4v) is 2.42. The van der Waals surface area contributed by atoms with Crippen LogP contribution >= 0.6 is 23.2 Å². The maximum absolute atomic E-state index is 10.2. The first kappa shape index (κ1) is 16.6. The van der Waals surface area contributed by atoms with Crippen molar-refractivity contribution in [3.05, 3.63) is 57.6 Å². The van der Waals surface area contributed by atoms with Crippen LogP contribution in [0.15, 0.2) is 41.4 Å². The van der Waals surface area contributed by atoms with Gasteiger partial charge in [-0.15, -0.1) is 0 Å². The smallest absolute Gasteiger partial charge is 0.143 e. The number of hydrogen-bond acceptors (Lipinski definition) is 4. The van der Waals surface area contributed by atoms with Crippen molar-refractivity contribution in [2.45, 2.75) is 19.1 Å². The number of aromatic hydroxyl groups is 2. The summed E-state index contributed by atoms with van der Waals surface area (Å²) in [6.45, 7) is 1.73. The Morgan fingerprint density at radius 1 is 1.09 bits per heavy atom. The number of phenols is 2. The topological polar surface area (TPSA) is 73.1 Å². The van der Waals surface area contributed by atoms with Crippen LogP contribution in [0, 0.1) is 0 Å². The minimum atomic E-state index is -0.839. The minimum Gasteiger partial charge on any atom is -0.508 e. The molecule has 0 fully saturated rings. The van der Waals surface area contributed by atoms with E-state index in [0.29, 0.717) is 16.1 Å². The molecule has 0 spiro atoms. The zero-order valence-corrected chi connectivity index (χ0v) is 13.3. The number of nitrogens with zero attached hydrogens (tertiary/aromatic N) is 1. The van der Waals surface area contributed by atoms with E-state index < -0.39 is 12.1 Å². The zero-order chi connectivity index (χ0) is 16.3. The molecule has 0 aromatic heterocycles. The minimum absolute atomic E-state index is 0.110. The zero-order valence-electron chi connectivity index (χ0n) is 11.7. The molecule has 0 bridgehead atoms. The highest BCUT2D eigenvalue weighted by molar-refractivity contribution is 6.36. The van der Waals surface area contributed by atoms with Gasteiger partial charge >= 0.3 is 0 Å². The molecule has 6 heteroatoms. The molecular weight excluding hydrogens is 325 g/mol. The third-order valence-electron chi connectivity index (χ3n) is 3.20. The average Bonchev–Trinajstić information content (AvgIpc) is 2.49. The Balaban J connectivity index is 2.17. The van der Waals surface area contributed by atoms with Crippen molar-refractivity contribution >= 4 is 29.4 Å². The van der Waals surface area contributed by atoms with Gasteiger partial charge in [0.25, 0.3) is 0 Å². The van der Waals surface area contributed by atoms with Crippen molar-refractivity contribution in [1.29, 1.82) is 0 Å². The van der Waals surface area contributed by atoms with Crippen LogP contribution in [0.3, 0.4) is 0 Å². The number of aliphatic hydroxyl groups is 1. The van der Waals surface area contributed by atoms with E-state index in [-0.39, 0.29) is 16.5 Å². The molecular formula is C16H15Cl2NO3. The van der Waals surface area contributed by atoms with Crippen LogP contribution in [-0.2, 0) is 0 Å². The second-order valence-corrected chi connectivity index (χ2v) is 5.72. The summed E-state index contributed by atoms with van der Waals surface area (Å²) in [7, 11) is 0. The van der Waals surface area contributed by atoms with Crippen LogP contribution in [-0.4, -0.2) is 27.6 Å². The highest BCUT2D eigenvalue weighted by atomic mass is 35.5. The van der Waals surface area contributed by atoms with Gasteiger partial charge in [0.05, 0.1) is 11.1 Å². The van der Waals surface area contributed by atoms with Gasteiger partial charge in [-0.05, 0) is 36.8 Å². The number of aliphatic hydroxyl groups excluding tert-OH is 1. The number of halogens is 2. The van der Waals surface area contributed by atoms with Crippen molar-refractivity contribution < 1.29 is 15.3 Å². The first-order valence-corrected chi connectivity index (χ1v) is 7.32. The Morgan fingerprint density at radius 3 is 2.36 bits per heavy atom. The molecule has 116 valence electrons. The van der Waals surface area contributed by atoms with Gasteiger partial charge in [-0.3, -0.25) is 4.99 Å². The molecule has 0 saturated heterocycles. The fourth-order valence-electron chi connectivity index (χ4n) is 1.91. The van der Waals surface area contributed by atoms with Gasteiger partial charge in [0.2, 0.25) is 0 Å². The summed E-state index contributed by atoms with van der Waals surface area (Å²) in [6.07, 6.45) is 0.579. The summed E-state index contributed by atoms with van der Waals surface area (Å²) in [5.41, 5.74) is 1.01. The molecule has 0 unspecified atom stereocenters. The van der Waals surface area contributed by atoms with E-state index in [9.17, 15) is 15.3 Å². The number of aliphatic imine (C=N–C) groups is 1. The van der Waals surface area contributed by atoms with Crippen LogP contribution in [0.5, 0.6) is 11.5 Å². The SMILES string of the molecule is C[C@@H](N=Cc1cc(Cl)cc(Cl)c1O)[C@@H](O)c1ccc(O)cc1. The molecule has 0 radical (unpaired) electrons. The van der Waals surface area contributed by atoms with Crippen molar-refractivity contribution in [1.82, 2.24) is 0 Å². The van der Waals surface area contributed by atoms with Crippen molar-refractivity contribution in [2.75, 3.05) is 0 Å². The fraction of sp³-hybridized carbons (Fsp3) is 0.188.